The molecule has 0 amide bonds. The molecular formula is C50H35NO. The lowest BCUT2D eigenvalue weighted by atomic mass is 9.96. The SMILES string of the molecule is [2H]c1c([2H])c([2H])c(-c2ccc(N(c3ccc(-c4ccc(-c5ccccc5-c5cc6ccccc6o5)cc4)cc3)c3ccc(-c4c([2H])c([2H])c([2H])c([2H])c4[2H])cc3)cc2)c([2H])c1[2H]. The van der Waals surface area contributed by atoms with Crippen molar-refractivity contribution in [1.82, 2.24) is 0 Å². The second kappa shape index (κ2) is 13.8. The van der Waals surface area contributed by atoms with Gasteiger partial charge in [0.15, 0.2) is 0 Å². The lowest BCUT2D eigenvalue weighted by Crippen LogP contribution is -2.09. The molecule has 0 aliphatic rings. The van der Waals surface area contributed by atoms with Gasteiger partial charge in [0.1, 0.15) is 11.3 Å². The number of rotatable bonds is 8. The number of anilines is 3. The molecule has 0 aliphatic heterocycles. The Bertz CT molecular complexity index is 2960. The van der Waals surface area contributed by atoms with Gasteiger partial charge in [0, 0.05) is 28.0 Å². The molecule has 1 aromatic heterocycles. The first-order chi connectivity index (χ1) is 29.9. The maximum Gasteiger partial charge on any atom is 0.136 e. The fraction of sp³-hybridized carbons (Fsp3) is 0. The molecule has 9 rings (SSSR count). The van der Waals surface area contributed by atoms with Gasteiger partial charge in [-0.15, -0.1) is 0 Å². The van der Waals surface area contributed by atoms with E-state index < -0.39 is 36.3 Å². The largest absolute Gasteiger partial charge is 0.456 e. The van der Waals surface area contributed by atoms with Crippen molar-refractivity contribution in [1.29, 1.82) is 0 Å². The topological polar surface area (TPSA) is 16.4 Å². The van der Waals surface area contributed by atoms with Gasteiger partial charge in [-0.3, -0.25) is 0 Å². The Labute approximate surface area is 318 Å². The Balaban J connectivity index is 1.07. The average Bonchev–Trinajstić information content (AvgIpc) is 3.75. The fourth-order valence-electron chi connectivity index (χ4n) is 6.50. The van der Waals surface area contributed by atoms with Gasteiger partial charge >= 0.3 is 0 Å². The number of benzene rings is 8. The molecule has 0 atom stereocenters. The summed E-state index contributed by atoms with van der Waals surface area (Å²) in [5.74, 6) is 0.804. The molecule has 0 aliphatic carbocycles. The van der Waals surface area contributed by atoms with E-state index in [1.807, 2.05) is 89.8 Å². The van der Waals surface area contributed by atoms with Crippen LogP contribution in [0.3, 0.4) is 0 Å². The second-order valence-corrected chi connectivity index (χ2v) is 12.2. The minimum Gasteiger partial charge on any atom is -0.456 e. The Kier molecular flexibility index (Phi) is 5.84. The lowest BCUT2D eigenvalue weighted by Gasteiger charge is -2.26. The summed E-state index contributed by atoms with van der Waals surface area (Å²) in [5, 5.41) is 1.05. The van der Waals surface area contributed by atoms with Crippen molar-refractivity contribution in [3.05, 3.63) is 212 Å². The molecule has 8 aromatic carbocycles. The van der Waals surface area contributed by atoms with Crippen LogP contribution in [0.1, 0.15) is 13.7 Å². The summed E-state index contributed by atoms with van der Waals surface area (Å²) in [5.41, 5.74) is 9.27. The van der Waals surface area contributed by atoms with Crippen LogP contribution in [-0.2, 0) is 0 Å². The molecule has 2 heteroatoms. The van der Waals surface area contributed by atoms with E-state index in [0.717, 1.165) is 50.2 Å². The molecule has 0 saturated heterocycles. The summed E-state index contributed by atoms with van der Waals surface area (Å²) >= 11 is 0. The standard InChI is InChI=1S/C50H35NO/c1-3-11-36(12-4-1)39-23-29-44(30-24-39)51(45-31-25-40(26-32-45)37-13-5-2-6-14-37)46-33-27-41(28-34-46)38-19-21-42(22-20-38)47-16-8-9-17-48(47)50-35-43-15-7-10-18-49(43)52-50/h1-35H/i1D,2D,3D,4D,5D,6D,11D,12D,13D,14D. The summed E-state index contributed by atoms with van der Waals surface area (Å²) in [7, 11) is 0. The van der Waals surface area contributed by atoms with E-state index in [1.165, 1.54) is 0 Å². The number of nitrogens with zero attached hydrogens (tertiary/aromatic N) is 1. The van der Waals surface area contributed by atoms with Crippen molar-refractivity contribution >= 4 is 28.0 Å². The van der Waals surface area contributed by atoms with Crippen LogP contribution in [0.15, 0.2) is 217 Å². The van der Waals surface area contributed by atoms with E-state index in [0.29, 0.717) is 22.5 Å². The number of hydrogen-bond acceptors (Lipinski definition) is 2. The van der Waals surface area contributed by atoms with E-state index in [2.05, 4.69) is 42.5 Å². The number of fused-ring (bicyclic) bond motifs is 1. The van der Waals surface area contributed by atoms with Crippen LogP contribution >= 0.6 is 0 Å². The molecule has 1 heterocycles. The van der Waals surface area contributed by atoms with Crippen LogP contribution in [0.25, 0.3) is 66.8 Å². The molecule has 0 saturated carbocycles. The summed E-state index contributed by atoms with van der Waals surface area (Å²) in [6, 6.07) is 45.1. The summed E-state index contributed by atoms with van der Waals surface area (Å²) in [6.07, 6.45) is 0. The molecule has 0 unspecified atom stereocenters. The van der Waals surface area contributed by atoms with E-state index in [-0.39, 0.29) is 35.3 Å². The normalized spacial score (nSPS) is 13.8. The first-order valence-corrected chi connectivity index (χ1v) is 16.8. The first-order valence-electron chi connectivity index (χ1n) is 21.8. The Hall–Kier alpha value is -6.90. The average molecular weight is 676 g/mol. The highest BCUT2D eigenvalue weighted by atomic mass is 16.3. The first kappa shape index (κ1) is 22.0. The summed E-state index contributed by atoms with van der Waals surface area (Å²) < 4.78 is 89.0. The minimum absolute atomic E-state index is 0.102. The van der Waals surface area contributed by atoms with Gasteiger partial charge in [0.05, 0.1) is 13.7 Å². The second-order valence-electron chi connectivity index (χ2n) is 12.2. The molecule has 0 bridgehead atoms. The van der Waals surface area contributed by atoms with E-state index >= 15 is 0 Å². The zero-order chi connectivity index (χ0) is 43.4. The van der Waals surface area contributed by atoms with Crippen LogP contribution in [0, 0.1) is 0 Å². The van der Waals surface area contributed by atoms with Crippen molar-refractivity contribution in [2.75, 3.05) is 4.90 Å². The van der Waals surface area contributed by atoms with Gasteiger partial charge in [-0.2, -0.15) is 0 Å². The van der Waals surface area contributed by atoms with E-state index in [1.54, 1.807) is 24.3 Å². The number of furan rings is 1. The zero-order valence-electron chi connectivity index (χ0n) is 37.8. The minimum atomic E-state index is -0.456. The molecule has 0 N–H and O–H groups in total. The molecule has 0 radical (unpaired) electrons. The van der Waals surface area contributed by atoms with Crippen molar-refractivity contribution in [2.24, 2.45) is 0 Å². The summed E-state index contributed by atoms with van der Waals surface area (Å²) in [6.45, 7) is 0. The highest BCUT2D eigenvalue weighted by Crippen LogP contribution is 2.39. The Morgan fingerprint density at radius 3 is 1.27 bits per heavy atom. The van der Waals surface area contributed by atoms with Crippen LogP contribution in [0.5, 0.6) is 0 Å². The van der Waals surface area contributed by atoms with Gasteiger partial charge < -0.3 is 9.32 Å². The maximum atomic E-state index is 8.50. The van der Waals surface area contributed by atoms with Crippen molar-refractivity contribution in [3.8, 4) is 55.8 Å². The van der Waals surface area contributed by atoms with Gasteiger partial charge in [-0.05, 0) is 93.0 Å². The zero-order valence-corrected chi connectivity index (χ0v) is 27.8. The van der Waals surface area contributed by atoms with E-state index in [9.17, 15) is 0 Å². The lowest BCUT2D eigenvalue weighted by molar-refractivity contribution is 0.632. The molecule has 9 aromatic rings. The Morgan fingerprint density at radius 1 is 0.365 bits per heavy atom. The van der Waals surface area contributed by atoms with Crippen LogP contribution in [0.2, 0.25) is 0 Å². The van der Waals surface area contributed by atoms with Crippen LogP contribution in [-0.4, -0.2) is 0 Å². The quantitative estimate of drug-likeness (QED) is 0.159. The number of hydrogen-bond donors (Lipinski definition) is 0. The Morgan fingerprint density at radius 2 is 0.769 bits per heavy atom. The third-order valence-electron chi connectivity index (χ3n) is 9.10. The van der Waals surface area contributed by atoms with Gasteiger partial charge in [0.2, 0.25) is 0 Å². The number of para-hydroxylation sites is 1. The molecule has 52 heavy (non-hydrogen) atoms. The van der Waals surface area contributed by atoms with Crippen molar-refractivity contribution < 1.29 is 18.1 Å². The van der Waals surface area contributed by atoms with Gasteiger partial charge in [-0.1, -0.05) is 164 Å². The smallest absolute Gasteiger partial charge is 0.136 e. The van der Waals surface area contributed by atoms with Crippen LogP contribution in [0.4, 0.5) is 17.1 Å². The van der Waals surface area contributed by atoms with Crippen molar-refractivity contribution in [3.63, 3.8) is 0 Å². The monoisotopic (exact) mass is 675 g/mol. The third-order valence-corrected chi connectivity index (χ3v) is 9.10. The van der Waals surface area contributed by atoms with Crippen molar-refractivity contribution in [2.45, 2.75) is 0 Å². The molecule has 246 valence electrons. The predicted octanol–water partition coefficient (Wildman–Crippen LogP) is 14.2. The molecular weight excluding hydrogens is 631 g/mol. The molecule has 0 fully saturated rings. The molecule has 0 spiro atoms. The summed E-state index contributed by atoms with van der Waals surface area (Å²) in [4.78, 5) is 1.99. The van der Waals surface area contributed by atoms with Crippen LogP contribution < -0.4 is 4.90 Å². The maximum absolute atomic E-state index is 8.50. The van der Waals surface area contributed by atoms with Gasteiger partial charge in [-0.25, -0.2) is 0 Å². The highest BCUT2D eigenvalue weighted by Gasteiger charge is 2.15. The third kappa shape index (κ3) is 6.19. The van der Waals surface area contributed by atoms with Gasteiger partial charge in [0.25, 0.3) is 0 Å². The van der Waals surface area contributed by atoms with E-state index in [4.69, 9.17) is 18.1 Å². The highest BCUT2D eigenvalue weighted by molar-refractivity contribution is 5.89. The fourth-order valence-corrected chi connectivity index (χ4v) is 6.50. The predicted molar refractivity (Wildman–Crippen MR) is 218 cm³/mol. The molecule has 2 nitrogen and oxygen atoms in total.